The first-order chi connectivity index (χ1) is 20.7. The van der Waals surface area contributed by atoms with Gasteiger partial charge in [-0.2, -0.15) is 0 Å². The first-order valence-electron chi connectivity index (χ1n) is 14.4. The van der Waals surface area contributed by atoms with E-state index in [2.05, 4.69) is 0 Å². The van der Waals surface area contributed by atoms with Crippen molar-refractivity contribution in [1.82, 2.24) is 0 Å². The maximum atomic E-state index is 13.7. The van der Waals surface area contributed by atoms with Gasteiger partial charge in [0.15, 0.2) is 0 Å². The highest BCUT2D eigenvalue weighted by molar-refractivity contribution is 6.22. The zero-order valence-electron chi connectivity index (χ0n) is 23.8. The van der Waals surface area contributed by atoms with E-state index in [1.165, 1.54) is 24.3 Å². The number of imide groups is 1. The van der Waals surface area contributed by atoms with E-state index in [4.69, 9.17) is 0 Å². The maximum absolute atomic E-state index is 13.7. The molecule has 1 heterocycles. The smallest absolute Gasteiger partial charge is 0.271 e. The molecule has 1 aliphatic carbocycles. The van der Waals surface area contributed by atoms with E-state index in [0.717, 1.165) is 27.2 Å². The lowest BCUT2D eigenvalue weighted by Gasteiger charge is -2.36. The molecule has 4 atom stereocenters. The van der Waals surface area contributed by atoms with E-state index in [1.807, 2.05) is 55.5 Å². The van der Waals surface area contributed by atoms with Crippen LogP contribution in [0.2, 0.25) is 0 Å². The minimum atomic E-state index is -0.963. The molecule has 2 aliphatic rings. The van der Waals surface area contributed by atoms with Crippen molar-refractivity contribution in [3.8, 4) is 5.75 Å². The van der Waals surface area contributed by atoms with Gasteiger partial charge in [-0.1, -0.05) is 67.1 Å². The second-order valence-electron chi connectivity index (χ2n) is 11.0. The van der Waals surface area contributed by atoms with Crippen LogP contribution in [0.15, 0.2) is 90.0 Å². The van der Waals surface area contributed by atoms with E-state index >= 15 is 0 Å². The number of non-ortho nitro benzene ring substituents is 1. The summed E-state index contributed by atoms with van der Waals surface area (Å²) in [5.41, 5.74) is 4.20. The summed E-state index contributed by atoms with van der Waals surface area (Å²) >= 11 is 0. The van der Waals surface area contributed by atoms with Gasteiger partial charge in [0.25, 0.3) is 5.69 Å². The number of carbonyl (C=O) groups excluding carboxylic acids is 2. The molecular weight excluding hydrogens is 548 g/mol. The number of rotatable bonds is 10. The van der Waals surface area contributed by atoms with Gasteiger partial charge in [0, 0.05) is 18.1 Å². The molecule has 3 aromatic rings. The maximum Gasteiger partial charge on any atom is 0.271 e. The average molecular weight is 583 g/mol. The quantitative estimate of drug-likeness (QED) is 0.0941. The van der Waals surface area contributed by atoms with E-state index in [1.54, 1.807) is 12.1 Å². The summed E-state index contributed by atoms with van der Waals surface area (Å²) < 4.78 is 0. The van der Waals surface area contributed by atoms with Crippen LogP contribution in [-0.4, -0.2) is 44.8 Å². The SMILES string of the molecule is CCC1=C([C@H](O)CC/C(=C/c2ccc(O)cc2)c2ccccc2)[C@H](CO)[C@@H]2C(=O)N(c3cccc([N+](=O)[O-])c3)C(=O)[C@@H]2C1. The minimum Gasteiger partial charge on any atom is -0.508 e. The van der Waals surface area contributed by atoms with Gasteiger partial charge >= 0.3 is 0 Å². The highest BCUT2D eigenvalue weighted by atomic mass is 16.6. The Hall–Kier alpha value is -4.60. The van der Waals surface area contributed by atoms with E-state index in [9.17, 15) is 35.0 Å². The van der Waals surface area contributed by atoms with Crippen LogP contribution in [0.1, 0.15) is 43.7 Å². The number of benzene rings is 3. The summed E-state index contributed by atoms with van der Waals surface area (Å²) in [6, 6.07) is 22.0. The van der Waals surface area contributed by atoms with Gasteiger partial charge in [0.05, 0.1) is 35.2 Å². The van der Waals surface area contributed by atoms with Crippen molar-refractivity contribution >= 4 is 34.8 Å². The fourth-order valence-corrected chi connectivity index (χ4v) is 6.47. The molecule has 5 rings (SSSR count). The molecule has 9 heteroatoms. The Morgan fingerprint density at radius 2 is 1.77 bits per heavy atom. The van der Waals surface area contributed by atoms with Gasteiger partial charge in [0.2, 0.25) is 11.8 Å². The number of carbonyl (C=O) groups is 2. The van der Waals surface area contributed by atoms with E-state index in [-0.39, 0.29) is 23.5 Å². The number of hydrogen-bond acceptors (Lipinski definition) is 7. The zero-order valence-corrected chi connectivity index (χ0v) is 23.8. The summed E-state index contributed by atoms with van der Waals surface area (Å²) in [4.78, 5) is 39.0. The summed E-state index contributed by atoms with van der Waals surface area (Å²) in [5.74, 6) is -3.15. The molecule has 0 radical (unpaired) electrons. The first kappa shape index (κ1) is 29.9. The number of aromatic hydroxyl groups is 1. The molecule has 0 bridgehead atoms. The van der Waals surface area contributed by atoms with Crippen LogP contribution in [0.25, 0.3) is 11.6 Å². The zero-order chi connectivity index (χ0) is 30.7. The number of phenols is 1. The number of anilines is 1. The molecule has 2 amide bonds. The van der Waals surface area contributed by atoms with Crippen molar-refractivity contribution in [1.29, 1.82) is 0 Å². The number of fused-ring (bicyclic) bond motifs is 1. The molecule has 43 heavy (non-hydrogen) atoms. The Morgan fingerprint density at radius 1 is 1.05 bits per heavy atom. The molecule has 3 N–H and O–H groups in total. The van der Waals surface area contributed by atoms with E-state index < -0.39 is 47.2 Å². The second-order valence-corrected chi connectivity index (χ2v) is 11.0. The predicted molar refractivity (Wildman–Crippen MR) is 163 cm³/mol. The van der Waals surface area contributed by atoms with Gasteiger partial charge in [0.1, 0.15) is 5.75 Å². The fraction of sp³-hybridized carbons (Fsp3) is 0.294. The normalized spacial score (nSPS) is 21.2. The third-order valence-electron chi connectivity index (χ3n) is 8.53. The second kappa shape index (κ2) is 12.7. The lowest BCUT2D eigenvalue weighted by Crippen LogP contribution is -2.39. The molecule has 3 aromatic carbocycles. The molecule has 9 nitrogen and oxygen atoms in total. The van der Waals surface area contributed by atoms with Crippen molar-refractivity contribution in [2.75, 3.05) is 11.5 Å². The number of aliphatic hydroxyl groups is 2. The minimum absolute atomic E-state index is 0.127. The number of allylic oxidation sites excluding steroid dienone is 2. The molecule has 0 spiro atoms. The van der Waals surface area contributed by atoms with Crippen LogP contribution >= 0.6 is 0 Å². The first-order valence-corrected chi connectivity index (χ1v) is 14.4. The van der Waals surface area contributed by atoms with Crippen LogP contribution < -0.4 is 4.90 Å². The van der Waals surface area contributed by atoms with Crippen LogP contribution in [0, 0.1) is 27.9 Å². The molecule has 1 aliphatic heterocycles. The Balaban J connectivity index is 1.43. The van der Waals surface area contributed by atoms with Crippen LogP contribution in [0.5, 0.6) is 5.75 Å². The Kier molecular flexibility index (Phi) is 8.84. The van der Waals surface area contributed by atoms with Gasteiger partial charge in [-0.25, -0.2) is 4.90 Å². The largest absolute Gasteiger partial charge is 0.508 e. The number of amides is 2. The van der Waals surface area contributed by atoms with Crippen molar-refractivity contribution in [2.45, 2.75) is 38.7 Å². The topological polar surface area (TPSA) is 141 Å². The predicted octanol–water partition coefficient (Wildman–Crippen LogP) is 5.51. The molecule has 0 saturated carbocycles. The number of nitro groups is 1. The van der Waals surface area contributed by atoms with Crippen molar-refractivity contribution in [3.05, 3.63) is 111 Å². The Morgan fingerprint density at radius 3 is 2.42 bits per heavy atom. The number of nitro benzene ring substituents is 1. The summed E-state index contributed by atoms with van der Waals surface area (Å²) in [7, 11) is 0. The van der Waals surface area contributed by atoms with Crippen molar-refractivity contribution in [3.63, 3.8) is 0 Å². The van der Waals surface area contributed by atoms with Crippen LogP contribution in [-0.2, 0) is 9.59 Å². The highest BCUT2D eigenvalue weighted by Gasteiger charge is 2.55. The number of nitrogens with zero attached hydrogens (tertiary/aromatic N) is 2. The third-order valence-corrected chi connectivity index (χ3v) is 8.53. The summed E-state index contributed by atoms with van der Waals surface area (Å²) in [6.45, 7) is 1.50. The number of aliphatic hydroxyl groups excluding tert-OH is 2. The van der Waals surface area contributed by atoms with Crippen molar-refractivity contribution < 1.29 is 29.8 Å². The lowest BCUT2D eigenvalue weighted by molar-refractivity contribution is -0.384. The van der Waals surface area contributed by atoms with Gasteiger partial charge < -0.3 is 15.3 Å². The lowest BCUT2D eigenvalue weighted by atomic mass is 9.67. The molecule has 1 fully saturated rings. The van der Waals surface area contributed by atoms with Gasteiger partial charge in [-0.05, 0) is 66.2 Å². The molecule has 0 unspecified atom stereocenters. The number of hydrogen-bond donors (Lipinski definition) is 3. The number of phenolic OH excluding ortho intramolecular Hbond substituents is 1. The molecular formula is C34H34N2O7. The summed E-state index contributed by atoms with van der Waals surface area (Å²) in [6.07, 6.45) is 2.67. The van der Waals surface area contributed by atoms with Crippen molar-refractivity contribution in [2.24, 2.45) is 17.8 Å². The van der Waals surface area contributed by atoms with Crippen LogP contribution in [0.3, 0.4) is 0 Å². The Labute approximate surface area is 249 Å². The van der Waals surface area contributed by atoms with Gasteiger partial charge in [-0.3, -0.25) is 19.7 Å². The highest BCUT2D eigenvalue weighted by Crippen LogP contribution is 2.48. The fourth-order valence-electron chi connectivity index (χ4n) is 6.47. The van der Waals surface area contributed by atoms with E-state index in [0.29, 0.717) is 24.8 Å². The standard InChI is InChI=1S/C34H34N2O7/c1-2-22-18-28-32(34(41)35(33(28)40)25-9-6-10-26(19-25)36(42)43)29(20-37)31(22)30(39)16-13-24(23-7-4-3-5-8-23)17-21-11-14-27(38)15-12-21/h3-12,14-15,17,19,28-30,32,37-39H,2,13,16,18,20H2,1H3/b24-17-/t28-,29+,30-,32-/m1/s1. The van der Waals surface area contributed by atoms with Crippen LogP contribution in [0.4, 0.5) is 11.4 Å². The average Bonchev–Trinajstić information content (AvgIpc) is 3.28. The molecule has 222 valence electrons. The van der Waals surface area contributed by atoms with Gasteiger partial charge in [-0.15, -0.1) is 0 Å². The summed E-state index contributed by atoms with van der Waals surface area (Å²) in [5, 5.41) is 43.2. The monoisotopic (exact) mass is 582 g/mol. The molecule has 0 aromatic heterocycles. The Bertz CT molecular complexity index is 1580. The molecule has 1 saturated heterocycles. The third kappa shape index (κ3) is 6.00.